The minimum absolute atomic E-state index is 0.147. The Morgan fingerprint density at radius 2 is 1.79 bits per heavy atom. The van der Waals surface area contributed by atoms with Gasteiger partial charge in [0.05, 0.1) is 11.0 Å². The number of benzene rings is 2. The predicted octanol–water partition coefficient (Wildman–Crippen LogP) is 5.57. The smallest absolute Gasteiger partial charge is 0.269 e. The van der Waals surface area contributed by atoms with Gasteiger partial charge in [-0.25, -0.2) is 0 Å². The molecule has 24 heavy (non-hydrogen) atoms. The minimum Gasteiger partial charge on any atom is -0.378 e. The first-order valence-electron chi connectivity index (χ1n) is 8.43. The van der Waals surface area contributed by atoms with Gasteiger partial charge in [0, 0.05) is 25.9 Å². The van der Waals surface area contributed by atoms with Crippen molar-refractivity contribution in [3.05, 3.63) is 69.8 Å². The van der Waals surface area contributed by atoms with Crippen molar-refractivity contribution in [1.82, 2.24) is 0 Å². The summed E-state index contributed by atoms with van der Waals surface area (Å²) in [7, 11) is -1.18. The van der Waals surface area contributed by atoms with Crippen molar-refractivity contribution in [3.8, 4) is 0 Å². The van der Waals surface area contributed by atoms with Gasteiger partial charge in [0.25, 0.3) is 5.69 Å². The molecule has 0 saturated heterocycles. The zero-order valence-corrected chi connectivity index (χ0v) is 15.5. The second kappa shape index (κ2) is 6.40. The molecular formula is C19H24N2O2Si. The van der Waals surface area contributed by atoms with Gasteiger partial charge in [-0.05, 0) is 29.5 Å². The topological polar surface area (TPSA) is 55.2 Å². The quantitative estimate of drug-likeness (QED) is 0.449. The van der Waals surface area contributed by atoms with Crippen molar-refractivity contribution in [3.63, 3.8) is 0 Å². The zero-order chi connectivity index (χ0) is 17.3. The Kier molecular flexibility index (Phi) is 4.45. The van der Waals surface area contributed by atoms with Crippen LogP contribution in [0.15, 0.2) is 48.5 Å². The van der Waals surface area contributed by atoms with E-state index in [0.29, 0.717) is 5.92 Å². The lowest BCUT2D eigenvalue weighted by Gasteiger charge is -2.36. The highest BCUT2D eigenvalue weighted by atomic mass is 28.3. The van der Waals surface area contributed by atoms with Gasteiger partial charge in [-0.1, -0.05) is 56.0 Å². The molecule has 0 aliphatic carbocycles. The van der Waals surface area contributed by atoms with Crippen LogP contribution in [0.4, 0.5) is 11.4 Å². The Morgan fingerprint density at radius 1 is 1.12 bits per heavy atom. The van der Waals surface area contributed by atoms with Crippen LogP contribution in [-0.4, -0.2) is 13.0 Å². The second-order valence-corrected chi connectivity index (χ2v) is 13.4. The van der Waals surface area contributed by atoms with Crippen LogP contribution in [0.5, 0.6) is 0 Å². The van der Waals surface area contributed by atoms with Crippen LogP contribution in [-0.2, 0) is 0 Å². The van der Waals surface area contributed by atoms with Gasteiger partial charge in [-0.3, -0.25) is 10.1 Å². The van der Waals surface area contributed by atoms with E-state index in [-0.39, 0.29) is 16.7 Å². The van der Waals surface area contributed by atoms with Crippen LogP contribution in [0.3, 0.4) is 0 Å². The molecule has 2 atom stereocenters. The molecule has 1 N–H and O–H groups in total. The van der Waals surface area contributed by atoms with Crippen molar-refractivity contribution in [2.45, 2.75) is 44.1 Å². The third-order valence-corrected chi connectivity index (χ3v) is 6.33. The molecule has 4 nitrogen and oxygen atoms in total. The van der Waals surface area contributed by atoms with Crippen LogP contribution in [0.2, 0.25) is 25.7 Å². The molecule has 0 unspecified atom stereocenters. The summed E-state index contributed by atoms with van der Waals surface area (Å²) >= 11 is 0. The molecule has 0 bridgehead atoms. The number of nitrogens with one attached hydrogen (secondary N) is 1. The summed E-state index contributed by atoms with van der Waals surface area (Å²) < 4.78 is 0. The Morgan fingerprint density at radius 3 is 2.42 bits per heavy atom. The molecule has 0 spiro atoms. The number of para-hydroxylation sites is 1. The fraction of sp³-hybridized carbons (Fsp3) is 0.368. The van der Waals surface area contributed by atoms with Crippen LogP contribution in [0.25, 0.3) is 0 Å². The summed E-state index contributed by atoms with van der Waals surface area (Å²) in [6.07, 6.45) is 1.04. The number of nitro groups is 1. The Bertz CT molecular complexity index is 738. The molecule has 3 rings (SSSR count). The molecule has 1 heterocycles. The highest BCUT2D eigenvalue weighted by molar-refractivity contribution is 6.76. The van der Waals surface area contributed by atoms with E-state index in [9.17, 15) is 10.1 Å². The largest absolute Gasteiger partial charge is 0.378 e. The van der Waals surface area contributed by atoms with Gasteiger partial charge >= 0.3 is 0 Å². The number of anilines is 1. The van der Waals surface area contributed by atoms with Gasteiger partial charge < -0.3 is 5.32 Å². The number of hydrogen-bond donors (Lipinski definition) is 1. The van der Waals surface area contributed by atoms with E-state index in [4.69, 9.17) is 0 Å². The number of hydrogen-bond acceptors (Lipinski definition) is 3. The molecule has 1 aliphatic heterocycles. The second-order valence-electron chi connectivity index (χ2n) is 7.83. The molecule has 0 radical (unpaired) electrons. The fourth-order valence-electron chi connectivity index (χ4n) is 3.62. The zero-order valence-electron chi connectivity index (χ0n) is 14.5. The third-order valence-electron chi connectivity index (χ3n) is 4.62. The maximum Gasteiger partial charge on any atom is 0.269 e. The molecule has 0 saturated carbocycles. The fourth-order valence-corrected chi connectivity index (χ4v) is 5.49. The molecule has 5 heteroatoms. The lowest BCUT2D eigenvalue weighted by atomic mass is 9.85. The molecular weight excluding hydrogens is 316 g/mol. The molecule has 1 aliphatic rings. The lowest BCUT2D eigenvalue weighted by molar-refractivity contribution is -0.384. The normalized spacial score (nSPS) is 20.1. The number of rotatable bonds is 4. The van der Waals surface area contributed by atoms with E-state index in [1.54, 1.807) is 12.1 Å². The van der Waals surface area contributed by atoms with Crippen molar-refractivity contribution in [2.75, 3.05) is 5.32 Å². The summed E-state index contributed by atoms with van der Waals surface area (Å²) in [6.45, 7) is 7.25. The number of fused-ring (bicyclic) bond motifs is 1. The molecule has 2 aromatic rings. The van der Waals surface area contributed by atoms with E-state index in [1.807, 2.05) is 12.1 Å². The number of nitro benzene ring substituents is 1. The van der Waals surface area contributed by atoms with E-state index in [2.05, 4.69) is 49.2 Å². The molecule has 0 fully saturated rings. The van der Waals surface area contributed by atoms with E-state index >= 15 is 0 Å². The SMILES string of the molecule is C[Si](C)(C)C[C@@H]1C[C@H](c2ccc([N+](=O)[O-])cc2)Nc2ccccc21. The molecule has 0 aromatic heterocycles. The maximum absolute atomic E-state index is 10.9. The molecule has 0 amide bonds. The van der Waals surface area contributed by atoms with Gasteiger partial charge in [0.2, 0.25) is 0 Å². The highest BCUT2D eigenvalue weighted by Crippen LogP contribution is 2.43. The molecule has 126 valence electrons. The Labute approximate surface area is 144 Å². The number of non-ortho nitro benzene ring substituents is 1. The van der Waals surface area contributed by atoms with Crippen molar-refractivity contribution in [1.29, 1.82) is 0 Å². The summed E-state index contributed by atoms with van der Waals surface area (Å²) in [4.78, 5) is 10.5. The van der Waals surface area contributed by atoms with Crippen LogP contribution >= 0.6 is 0 Å². The summed E-state index contributed by atoms with van der Waals surface area (Å²) in [5, 5.41) is 14.5. The van der Waals surface area contributed by atoms with Crippen molar-refractivity contribution in [2.24, 2.45) is 0 Å². The van der Waals surface area contributed by atoms with Crippen molar-refractivity contribution >= 4 is 19.4 Å². The highest BCUT2D eigenvalue weighted by Gasteiger charge is 2.30. The average Bonchev–Trinajstić information content (AvgIpc) is 2.53. The van der Waals surface area contributed by atoms with Crippen LogP contribution < -0.4 is 5.32 Å². The van der Waals surface area contributed by atoms with E-state index < -0.39 is 8.07 Å². The monoisotopic (exact) mass is 340 g/mol. The number of nitrogens with zero attached hydrogens (tertiary/aromatic N) is 1. The Balaban J connectivity index is 1.90. The first kappa shape index (κ1) is 16.7. The maximum atomic E-state index is 10.9. The average molecular weight is 340 g/mol. The van der Waals surface area contributed by atoms with E-state index in [0.717, 1.165) is 12.0 Å². The first-order chi connectivity index (χ1) is 11.3. The van der Waals surface area contributed by atoms with Crippen LogP contribution in [0.1, 0.15) is 29.5 Å². The summed E-state index contributed by atoms with van der Waals surface area (Å²) in [5.74, 6) is 0.550. The van der Waals surface area contributed by atoms with E-state index in [1.165, 1.54) is 17.3 Å². The van der Waals surface area contributed by atoms with Gasteiger partial charge in [0.15, 0.2) is 0 Å². The Hall–Kier alpha value is -2.14. The summed E-state index contributed by atoms with van der Waals surface area (Å²) in [5.41, 5.74) is 3.89. The van der Waals surface area contributed by atoms with Gasteiger partial charge in [0.1, 0.15) is 0 Å². The van der Waals surface area contributed by atoms with Crippen molar-refractivity contribution < 1.29 is 4.92 Å². The lowest BCUT2D eigenvalue weighted by Crippen LogP contribution is -2.28. The van der Waals surface area contributed by atoms with Gasteiger partial charge in [-0.2, -0.15) is 0 Å². The molecule has 2 aromatic carbocycles. The first-order valence-corrected chi connectivity index (χ1v) is 12.1. The van der Waals surface area contributed by atoms with Crippen LogP contribution in [0, 0.1) is 10.1 Å². The third kappa shape index (κ3) is 3.67. The van der Waals surface area contributed by atoms with Gasteiger partial charge in [-0.15, -0.1) is 0 Å². The minimum atomic E-state index is -1.18. The summed E-state index contributed by atoms with van der Waals surface area (Å²) in [6, 6.07) is 17.0. The standard InChI is InChI=1S/C19H24N2O2Si/c1-24(2,3)13-15-12-19(20-18-7-5-4-6-17(15)18)14-8-10-16(11-9-14)21(22)23/h4-11,15,19-20H,12-13H2,1-3H3/t15-,19+/m0/s1. The predicted molar refractivity (Wildman–Crippen MR) is 101 cm³/mol.